The molecule has 0 amide bonds. The van der Waals surface area contributed by atoms with Crippen molar-refractivity contribution < 1.29 is 48.9 Å². The molecule has 0 saturated carbocycles. The van der Waals surface area contributed by atoms with Crippen LogP contribution >= 0.6 is 7.82 Å². The summed E-state index contributed by atoms with van der Waals surface area (Å²) in [6, 6.07) is 0. The van der Waals surface area contributed by atoms with Crippen molar-refractivity contribution in [2.75, 3.05) is 0 Å². The summed E-state index contributed by atoms with van der Waals surface area (Å²) < 4.78 is 8.88. The lowest BCUT2D eigenvalue weighted by Crippen LogP contribution is -1.82. The first-order chi connectivity index (χ1) is 8.81. The Bertz CT molecular complexity index is 329. The average Bonchev–Trinajstić information content (AvgIpc) is 2.28. The summed E-state index contributed by atoms with van der Waals surface area (Å²) in [5.41, 5.74) is 0. The zero-order chi connectivity index (χ0) is 17.4. The Labute approximate surface area is 113 Å². The summed E-state index contributed by atoms with van der Waals surface area (Å²) in [5.74, 6) is -2.94. The van der Waals surface area contributed by atoms with Crippen LogP contribution in [0.1, 0.15) is 0 Å². The van der Waals surface area contributed by atoms with Crippen molar-refractivity contribution >= 4 is 25.7 Å². The maximum absolute atomic E-state index is 9.25. The maximum atomic E-state index is 9.25. The molecule has 0 unspecified atom stereocenters. The van der Waals surface area contributed by atoms with E-state index in [0.29, 0.717) is 0 Å². The van der Waals surface area contributed by atoms with E-state index < -0.39 is 25.7 Å². The molecule has 0 atom stereocenters. The number of carbonyl (C=O) groups is 3. The number of phosphoric acid groups is 1. The normalized spacial score (nSPS) is 7.75. The Morgan fingerprint density at radius 1 is 0.700 bits per heavy atom. The molecule has 0 heterocycles. The second-order valence-corrected chi connectivity index (χ2v) is 3.17. The van der Waals surface area contributed by atoms with Crippen LogP contribution in [0.3, 0.4) is 0 Å². The van der Waals surface area contributed by atoms with E-state index in [1.807, 2.05) is 0 Å². The van der Waals surface area contributed by atoms with Gasteiger partial charge in [-0.15, -0.1) is 0 Å². The highest BCUT2D eigenvalue weighted by molar-refractivity contribution is 7.45. The SMILES string of the molecule is C=CC(=O)O.C=CC(=O)O.C=CC(=O)O.O=P(O)(O)O. The van der Waals surface area contributed by atoms with E-state index in [9.17, 15) is 14.4 Å². The molecule has 0 aliphatic carbocycles. The topological polar surface area (TPSA) is 190 Å². The molecule has 0 fully saturated rings. The van der Waals surface area contributed by atoms with E-state index in [-0.39, 0.29) is 0 Å². The largest absolute Gasteiger partial charge is 0.478 e. The van der Waals surface area contributed by atoms with Crippen molar-refractivity contribution in [3.63, 3.8) is 0 Å². The number of aliphatic carboxylic acids is 3. The van der Waals surface area contributed by atoms with Gasteiger partial charge in [-0.1, -0.05) is 19.7 Å². The number of hydrogen-bond donors (Lipinski definition) is 6. The van der Waals surface area contributed by atoms with Gasteiger partial charge in [-0.2, -0.15) is 0 Å². The van der Waals surface area contributed by atoms with Gasteiger partial charge in [0.15, 0.2) is 0 Å². The van der Waals surface area contributed by atoms with E-state index in [4.69, 9.17) is 34.6 Å². The van der Waals surface area contributed by atoms with Crippen LogP contribution in [0.2, 0.25) is 0 Å². The second kappa shape index (κ2) is 16.7. The molecule has 11 heteroatoms. The average molecular weight is 314 g/mol. The summed E-state index contributed by atoms with van der Waals surface area (Å²) in [6.07, 6.45) is 2.50. The van der Waals surface area contributed by atoms with E-state index in [2.05, 4.69) is 19.7 Å². The van der Waals surface area contributed by atoms with Crippen molar-refractivity contribution in [2.24, 2.45) is 0 Å². The van der Waals surface area contributed by atoms with Crippen LogP contribution in [0.15, 0.2) is 38.0 Å². The summed E-state index contributed by atoms with van der Waals surface area (Å²) in [5, 5.41) is 22.8. The predicted molar refractivity (Wildman–Crippen MR) is 67.8 cm³/mol. The van der Waals surface area contributed by atoms with Crippen LogP contribution in [0, 0.1) is 0 Å². The Balaban J connectivity index is -0.0000000853. The molecule has 0 saturated heterocycles. The van der Waals surface area contributed by atoms with Crippen LogP contribution in [0.5, 0.6) is 0 Å². The highest BCUT2D eigenvalue weighted by Crippen LogP contribution is 2.25. The van der Waals surface area contributed by atoms with Crippen molar-refractivity contribution in [3.8, 4) is 0 Å². The van der Waals surface area contributed by atoms with Gasteiger partial charge in [0, 0.05) is 18.2 Å². The molecule has 0 aromatic heterocycles. The zero-order valence-electron chi connectivity index (χ0n) is 10.1. The summed E-state index contributed by atoms with van der Waals surface area (Å²) in [7, 11) is -4.64. The molecular formula is C9H15O10P. The van der Waals surface area contributed by atoms with E-state index in [1.165, 1.54) is 0 Å². The lowest BCUT2D eigenvalue weighted by Gasteiger charge is -1.82. The van der Waals surface area contributed by atoms with Gasteiger partial charge in [-0.25, -0.2) is 18.9 Å². The van der Waals surface area contributed by atoms with Crippen LogP contribution in [-0.2, 0) is 18.9 Å². The van der Waals surface area contributed by atoms with Gasteiger partial charge < -0.3 is 30.0 Å². The van der Waals surface area contributed by atoms with Crippen LogP contribution < -0.4 is 0 Å². The van der Waals surface area contributed by atoms with E-state index in [1.54, 1.807) is 0 Å². The molecule has 0 spiro atoms. The molecule has 0 aromatic carbocycles. The Morgan fingerprint density at radius 3 is 0.750 bits per heavy atom. The molecule has 0 aliphatic heterocycles. The molecule has 0 bridgehead atoms. The van der Waals surface area contributed by atoms with Gasteiger partial charge in [0.25, 0.3) is 0 Å². The Morgan fingerprint density at radius 2 is 0.750 bits per heavy atom. The van der Waals surface area contributed by atoms with Gasteiger partial charge in [-0.3, -0.25) is 0 Å². The standard InChI is InChI=1S/3C3H4O2.H3O4P/c3*1-2-3(4)5;1-5(2,3)4/h3*2H,1H2,(H,4,5);(H3,1,2,3,4). The maximum Gasteiger partial charge on any atom is 0.466 e. The van der Waals surface area contributed by atoms with Crippen LogP contribution in [0.25, 0.3) is 0 Å². The summed E-state index contributed by atoms with van der Waals surface area (Å²) in [4.78, 5) is 49.3. The third kappa shape index (κ3) is 244. The fourth-order valence-electron chi connectivity index (χ4n) is 0. The molecule has 0 radical (unpaired) electrons. The third-order valence-electron chi connectivity index (χ3n) is 0.524. The van der Waals surface area contributed by atoms with Gasteiger partial charge in [0.05, 0.1) is 0 Å². The Hall–Kier alpha value is -2.26. The van der Waals surface area contributed by atoms with Gasteiger partial charge in [-0.05, 0) is 0 Å². The van der Waals surface area contributed by atoms with Crippen molar-refractivity contribution in [3.05, 3.63) is 38.0 Å². The molecule has 0 aliphatic rings. The van der Waals surface area contributed by atoms with Gasteiger partial charge >= 0.3 is 25.7 Å². The third-order valence-corrected chi connectivity index (χ3v) is 0.524. The Kier molecular flexibility index (Phi) is 22.0. The highest BCUT2D eigenvalue weighted by atomic mass is 31.2. The van der Waals surface area contributed by atoms with Crippen LogP contribution in [0.4, 0.5) is 0 Å². The monoisotopic (exact) mass is 314 g/mol. The quantitative estimate of drug-likeness (QED) is 0.301. The number of hydrogen-bond acceptors (Lipinski definition) is 4. The number of carboxylic acids is 3. The zero-order valence-corrected chi connectivity index (χ0v) is 11.0. The molecule has 0 rings (SSSR count). The molecule has 116 valence electrons. The molecular weight excluding hydrogens is 299 g/mol. The van der Waals surface area contributed by atoms with E-state index in [0.717, 1.165) is 18.2 Å². The summed E-state index contributed by atoms with van der Waals surface area (Å²) >= 11 is 0. The molecule has 20 heavy (non-hydrogen) atoms. The minimum absolute atomic E-state index is 0.833. The number of carboxylic acid groups (broad SMARTS) is 3. The first-order valence-electron chi connectivity index (χ1n) is 4.16. The smallest absolute Gasteiger partial charge is 0.466 e. The van der Waals surface area contributed by atoms with Gasteiger partial charge in [0.2, 0.25) is 0 Å². The lowest BCUT2D eigenvalue weighted by molar-refractivity contribution is -0.132. The minimum Gasteiger partial charge on any atom is -0.478 e. The first kappa shape index (κ1) is 26.3. The number of rotatable bonds is 3. The van der Waals surface area contributed by atoms with Crippen LogP contribution in [-0.4, -0.2) is 47.9 Å². The summed E-state index contributed by atoms with van der Waals surface area (Å²) in [6.45, 7) is 8.88. The molecule has 6 N–H and O–H groups in total. The van der Waals surface area contributed by atoms with Crippen molar-refractivity contribution in [1.82, 2.24) is 0 Å². The lowest BCUT2D eigenvalue weighted by atomic mass is 10.7. The first-order valence-corrected chi connectivity index (χ1v) is 5.72. The highest BCUT2D eigenvalue weighted by Gasteiger charge is 2.00. The van der Waals surface area contributed by atoms with Crippen molar-refractivity contribution in [1.29, 1.82) is 0 Å². The molecule has 10 nitrogen and oxygen atoms in total. The van der Waals surface area contributed by atoms with Gasteiger partial charge in [0.1, 0.15) is 0 Å². The van der Waals surface area contributed by atoms with Crippen molar-refractivity contribution in [2.45, 2.75) is 0 Å². The fraction of sp³-hybridized carbons (Fsp3) is 0. The minimum atomic E-state index is -4.64. The molecule has 0 aromatic rings. The fourth-order valence-corrected chi connectivity index (χ4v) is 0. The predicted octanol–water partition coefficient (Wildman–Crippen LogP) is -0.158. The second-order valence-electron chi connectivity index (χ2n) is 2.14. The van der Waals surface area contributed by atoms with E-state index >= 15 is 0 Å².